The Labute approximate surface area is 210 Å². The molecule has 3 aromatic carbocycles. The Hall–Kier alpha value is -3.68. The molecule has 2 fully saturated rings. The summed E-state index contributed by atoms with van der Waals surface area (Å²) in [6.07, 6.45) is 2.82. The highest BCUT2D eigenvalue weighted by molar-refractivity contribution is 6.01. The molecule has 0 spiro atoms. The second-order valence-electron chi connectivity index (χ2n) is 9.66. The first kappa shape index (κ1) is 22.8. The summed E-state index contributed by atoms with van der Waals surface area (Å²) in [5, 5.41) is 21.2. The van der Waals surface area contributed by atoms with Crippen LogP contribution in [0.4, 0.5) is 5.69 Å². The van der Waals surface area contributed by atoms with Gasteiger partial charge in [-0.3, -0.25) is 9.89 Å². The molecule has 0 radical (unpaired) electrons. The van der Waals surface area contributed by atoms with Crippen molar-refractivity contribution in [1.29, 1.82) is 0 Å². The van der Waals surface area contributed by atoms with Crippen LogP contribution in [0.5, 0.6) is 0 Å². The number of morpholine rings is 1. The van der Waals surface area contributed by atoms with Crippen LogP contribution < -0.4 is 10.2 Å². The second kappa shape index (κ2) is 9.76. The van der Waals surface area contributed by atoms with Crippen molar-refractivity contribution in [2.24, 2.45) is 0 Å². The Morgan fingerprint density at radius 3 is 2.53 bits per heavy atom. The molecule has 2 saturated heterocycles. The van der Waals surface area contributed by atoms with Crippen LogP contribution in [0.3, 0.4) is 0 Å². The van der Waals surface area contributed by atoms with E-state index in [-0.39, 0.29) is 18.6 Å². The third-order valence-electron chi connectivity index (χ3n) is 7.43. The maximum Gasteiger partial charge on any atom is 0.251 e. The second-order valence-corrected chi connectivity index (χ2v) is 9.66. The van der Waals surface area contributed by atoms with Crippen molar-refractivity contribution in [2.45, 2.75) is 37.4 Å². The molecule has 7 nitrogen and oxygen atoms in total. The van der Waals surface area contributed by atoms with E-state index in [1.54, 1.807) is 6.07 Å². The number of hydrogen-bond donors (Lipinski definition) is 3. The van der Waals surface area contributed by atoms with Crippen LogP contribution in [0, 0.1) is 0 Å². The summed E-state index contributed by atoms with van der Waals surface area (Å²) >= 11 is 0. The van der Waals surface area contributed by atoms with Crippen LogP contribution in [0.25, 0.3) is 22.2 Å². The summed E-state index contributed by atoms with van der Waals surface area (Å²) < 4.78 is 5.73. The number of carbonyl (C=O) groups excluding carboxylic acids is 1. The molecule has 1 unspecified atom stereocenters. The highest BCUT2D eigenvalue weighted by Crippen LogP contribution is 2.35. The van der Waals surface area contributed by atoms with Gasteiger partial charge in [-0.2, -0.15) is 5.10 Å². The molecular weight excluding hydrogens is 452 g/mol. The number of amides is 1. The van der Waals surface area contributed by atoms with Crippen LogP contribution >= 0.6 is 0 Å². The SMILES string of the molecule is O=C(NC(CCO)c1ccccc1)c1ccc2[nH]nc(-c3ccc(N4[C@@H]5CC[C@H]4COC5)cc3)c2c1. The molecule has 36 heavy (non-hydrogen) atoms. The smallest absolute Gasteiger partial charge is 0.251 e. The summed E-state index contributed by atoms with van der Waals surface area (Å²) in [7, 11) is 0. The van der Waals surface area contributed by atoms with Gasteiger partial charge in [-0.25, -0.2) is 0 Å². The minimum Gasteiger partial charge on any atom is -0.396 e. The van der Waals surface area contributed by atoms with Gasteiger partial charge in [0.15, 0.2) is 0 Å². The fraction of sp³-hybridized carbons (Fsp3) is 0.310. The number of aliphatic hydroxyl groups excluding tert-OH is 1. The van der Waals surface area contributed by atoms with E-state index in [2.05, 4.69) is 44.7 Å². The minimum absolute atomic E-state index is 0.00725. The first-order valence-electron chi connectivity index (χ1n) is 12.6. The van der Waals surface area contributed by atoms with Gasteiger partial charge >= 0.3 is 0 Å². The number of hydrogen-bond acceptors (Lipinski definition) is 5. The standard InChI is InChI=1S/C29H30N4O3/c34-15-14-26(19-4-2-1-3-5-19)30-29(35)21-8-13-27-25(16-21)28(32-31-27)20-6-9-22(10-7-20)33-23-11-12-24(33)18-36-17-23/h1-10,13,16,23-24,26,34H,11-12,14-15,17-18H2,(H,30,35)(H,31,32)/t23-,24+,26?. The summed E-state index contributed by atoms with van der Waals surface area (Å²) in [6.45, 7) is 1.60. The molecule has 0 saturated carbocycles. The molecule has 6 rings (SSSR count). The van der Waals surface area contributed by atoms with E-state index in [1.165, 1.54) is 18.5 Å². The lowest BCUT2D eigenvalue weighted by molar-refractivity contribution is 0.0906. The number of nitrogens with one attached hydrogen (secondary N) is 2. The summed E-state index contributed by atoms with van der Waals surface area (Å²) in [6, 6.07) is 24.6. The van der Waals surface area contributed by atoms with Gasteiger partial charge in [-0.05, 0) is 55.2 Å². The third-order valence-corrected chi connectivity index (χ3v) is 7.43. The van der Waals surface area contributed by atoms with Crippen molar-refractivity contribution in [3.8, 4) is 11.3 Å². The Kier molecular flexibility index (Phi) is 6.17. The van der Waals surface area contributed by atoms with Gasteiger partial charge in [0.25, 0.3) is 5.91 Å². The van der Waals surface area contributed by atoms with E-state index in [4.69, 9.17) is 4.74 Å². The van der Waals surface area contributed by atoms with Gasteiger partial charge in [0.2, 0.25) is 0 Å². The lowest BCUT2D eigenvalue weighted by Gasteiger charge is -2.36. The largest absolute Gasteiger partial charge is 0.396 e. The van der Waals surface area contributed by atoms with Crippen LogP contribution in [-0.4, -0.2) is 53.1 Å². The number of H-pyrrole nitrogens is 1. The average molecular weight is 483 g/mol. The molecule has 3 N–H and O–H groups in total. The first-order valence-corrected chi connectivity index (χ1v) is 12.6. The number of aromatic amines is 1. The minimum atomic E-state index is -0.258. The summed E-state index contributed by atoms with van der Waals surface area (Å²) in [5.74, 6) is -0.176. The van der Waals surface area contributed by atoms with E-state index in [0.717, 1.165) is 40.9 Å². The quantitative estimate of drug-likeness (QED) is 0.362. The number of anilines is 1. The molecule has 184 valence electrons. The molecule has 1 amide bonds. The molecule has 3 atom stereocenters. The van der Waals surface area contributed by atoms with Gasteiger partial charge in [0.05, 0.1) is 42.5 Å². The van der Waals surface area contributed by atoms with Gasteiger partial charge in [-0.15, -0.1) is 0 Å². The van der Waals surface area contributed by atoms with E-state index < -0.39 is 0 Å². The number of aliphatic hydroxyl groups is 1. The number of ether oxygens (including phenoxy) is 1. The molecule has 2 bridgehead atoms. The molecule has 0 aliphatic carbocycles. The van der Waals surface area contributed by atoms with Crippen molar-refractivity contribution in [3.05, 3.63) is 83.9 Å². The maximum atomic E-state index is 13.2. The monoisotopic (exact) mass is 482 g/mol. The molecule has 2 aliphatic rings. The Morgan fingerprint density at radius 2 is 1.81 bits per heavy atom. The van der Waals surface area contributed by atoms with Crippen molar-refractivity contribution in [1.82, 2.24) is 15.5 Å². The fourth-order valence-corrected chi connectivity index (χ4v) is 5.60. The van der Waals surface area contributed by atoms with Crippen LogP contribution in [-0.2, 0) is 4.74 Å². The molecule has 2 aliphatic heterocycles. The molecule has 4 aromatic rings. The average Bonchev–Trinajstić information content (AvgIpc) is 3.45. The first-order chi connectivity index (χ1) is 17.7. The van der Waals surface area contributed by atoms with Gasteiger partial charge < -0.3 is 20.1 Å². The third kappa shape index (κ3) is 4.25. The Balaban J connectivity index is 1.25. The maximum absolute atomic E-state index is 13.2. The normalized spacial score (nSPS) is 20.0. The zero-order chi connectivity index (χ0) is 24.5. The number of rotatable bonds is 7. The number of benzene rings is 3. The molecule has 7 heteroatoms. The number of carbonyl (C=O) groups is 1. The summed E-state index contributed by atoms with van der Waals surface area (Å²) in [5.41, 5.74) is 5.47. The lowest BCUT2D eigenvalue weighted by Crippen LogP contribution is -2.45. The molecule has 3 heterocycles. The Morgan fingerprint density at radius 1 is 1.06 bits per heavy atom. The van der Waals surface area contributed by atoms with E-state index >= 15 is 0 Å². The van der Waals surface area contributed by atoms with Gasteiger partial charge in [0, 0.05) is 28.8 Å². The lowest BCUT2D eigenvalue weighted by atomic mass is 10.0. The summed E-state index contributed by atoms with van der Waals surface area (Å²) in [4.78, 5) is 15.7. The predicted molar refractivity (Wildman–Crippen MR) is 140 cm³/mol. The van der Waals surface area contributed by atoms with E-state index in [9.17, 15) is 9.90 Å². The van der Waals surface area contributed by atoms with E-state index in [0.29, 0.717) is 24.1 Å². The van der Waals surface area contributed by atoms with Crippen molar-refractivity contribution in [3.63, 3.8) is 0 Å². The zero-order valence-corrected chi connectivity index (χ0v) is 20.1. The fourth-order valence-electron chi connectivity index (χ4n) is 5.60. The van der Waals surface area contributed by atoms with Crippen LogP contribution in [0.2, 0.25) is 0 Å². The van der Waals surface area contributed by atoms with Gasteiger partial charge in [-0.1, -0.05) is 42.5 Å². The highest BCUT2D eigenvalue weighted by atomic mass is 16.5. The molecule has 1 aromatic heterocycles. The van der Waals surface area contributed by atoms with E-state index in [1.807, 2.05) is 42.5 Å². The van der Waals surface area contributed by atoms with Crippen molar-refractivity contribution in [2.75, 3.05) is 24.7 Å². The zero-order valence-electron chi connectivity index (χ0n) is 20.1. The number of fused-ring (bicyclic) bond motifs is 3. The van der Waals surface area contributed by atoms with Crippen molar-refractivity contribution >= 4 is 22.5 Å². The number of aromatic nitrogens is 2. The van der Waals surface area contributed by atoms with Crippen LogP contribution in [0.15, 0.2) is 72.8 Å². The van der Waals surface area contributed by atoms with Crippen molar-refractivity contribution < 1.29 is 14.6 Å². The number of nitrogens with zero attached hydrogens (tertiary/aromatic N) is 2. The Bertz CT molecular complexity index is 1340. The predicted octanol–water partition coefficient (Wildman–Crippen LogP) is 4.45. The topological polar surface area (TPSA) is 90.5 Å². The molecular formula is C29H30N4O3. The highest BCUT2D eigenvalue weighted by Gasteiger charge is 2.37. The van der Waals surface area contributed by atoms with Crippen LogP contribution in [0.1, 0.15) is 41.2 Å². The van der Waals surface area contributed by atoms with Gasteiger partial charge in [0.1, 0.15) is 0 Å².